The van der Waals surface area contributed by atoms with Crippen molar-refractivity contribution in [1.82, 2.24) is 20.4 Å². The molecule has 3 amide bonds. The zero-order chi connectivity index (χ0) is 18.9. The van der Waals surface area contributed by atoms with Crippen LogP contribution in [-0.2, 0) is 9.59 Å². The third kappa shape index (κ3) is 7.97. The van der Waals surface area contributed by atoms with E-state index in [0.717, 1.165) is 0 Å². The summed E-state index contributed by atoms with van der Waals surface area (Å²) in [6.45, 7) is 3.28. The van der Waals surface area contributed by atoms with Crippen molar-refractivity contribution < 1.29 is 18.8 Å². The van der Waals surface area contributed by atoms with Gasteiger partial charge in [0.2, 0.25) is 11.8 Å². The molecule has 158 valence electrons. The van der Waals surface area contributed by atoms with Crippen LogP contribution in [0.1, 0.15) is 10.4 Å². The van der Waals surface area contributed by atoms with Crippen molar-refractivity contribution in [2.45, 2.75) is 0 Å². The number of benzene rings is 1. The number of nitrogens with one attached hydrogen (secondary N) is 2. The summed E-state index contributed by atoms with van der Waals surface area (Å²) in [7, 11) is 0. The lowest BCUT2D eigenvalue weighted by molar-refractivity contribution is -0.134. The Bertz CT molecular complexity index is 657. The van der Waals surface area contributed by atoms with E-state index in [4.69, 9.17) is 5.73 Å². The molecule has 0 saturated carbocycles. The molecule has 11 heteroatoms. The van der Waals surface area contributed by atoms with Gasteiger partial charge in [-0.15, -0.1) is 24.8 Å². The highest BCUT2D eigenvalue weighted by Gasteiger charge is 2.21. The zero-order valence-corrected chi connectivity index (χ0v) is 17.0. The molecule has 1 saturated heterocycles. The quantitative estimate of drug-likeness (QED) is 0.538. The fraction of sp³-hybridized carbons (Fsp3) is 0.471. The Labute approximate surface area is 175 Å². The van der Waals surface area contributed by atoms with Gasteiger partial charge in [-0.2, -0.15) is 0 Å². The molecule has 1 aliphatic rings. The molecule has 2 rings (SSSR count). The van der Waals surface area contributed by atoms with Crippen LogP contribution < -0.4 is 16.4 Å². The lowest BCUT2D eigenvalue weighted by atomic mass is 10.2. The molecule has 1 heterocycles. The smallest absolute Gasteiger partial charge is 0.254 e. The number of rotatable bonds is 7. The topological polar surface area (TPSA) is 108 Å². The fourth-order valence-corrected chi connectivity index (χ4v) is 2.65. The van der Waals surface area contributed by atoms with Gasteiger partial charge < -0.3 is 21.3 Å². The van der Waals surface area contributed by atoms with Gasteiger partial charge in [-0.3, -0.25) is 19.3 Å². The molecule has 0 atom stereocenters. The summed E-state index contributed by atoms with van der Waals surface area (Å²) < 4.78 is 13.5. The molecule has 1 aromatic rings. The third-order valence-corrected chi connectivity index (χ3v) is 4.18. The predicted molar refractivity (Wildman–Crippen MR) is 108 cm³/mol. The second kappa shape index (κ2) is 13.3. The minimum atomic E-state index is -0.543. The molecule has 1 fully saturated rings. The van der Waals surface area contributed by atoms with Gasteiger partial charge in [0.15, 0.2) is 0 Å². The maximum Gasteiger partial charge on any atom is 0.254 e. The number of piperazine rings is 1. The SMILES string of the molecule is Cl.Cl.NCC(=O)NCC(=O)N1CCN(CCNC(=O)c2ccccc2F)CC1. The molecule has 28 heavy (non-hydrogen) atoms. The first-order chi connectivity index (χ1) is 12.5. The monoisotopic (exact) mass is 437 g/mol. The van der Waals surface area contributed by atoms with Crippen molar-refractivity contribution in [2.24, 2.45) is 5.73 Å². The van der Waals surface area contributed by atoms with E-state index >= 15 is 0 Å². The van der Waals surface area contributed by atoms with Crippen molar-refractivity contribution in [3.05, 3.63) is 35.6 Å². The second-order valence-corrected chi connectivity index (χ2v) is 5.94. The molecule has 0 spiro atoms. The van der Waals surface area contributed by atoms with Crippen LogP contribution in [0.5, 0.6) is 0 Å². The molecule has 1 aromatic carbocycles. The maximum atomic E-state index is 13.5. The van der Waals surface area contributed by atoms with Gasteiger partial charge in [0.25, 0.3) is 5.91 Å². The molecule has 8 nitrogen and oxygen atoms in total. The second-order valence-electron chi connectivity index (χ2n) is 5.94. The van der Waals surface area contributed by atoms with Gasteiger partial charge in [-0.1, -0.05) is 12.1 Å². The average molecular weight is 438 g/mol. The number of carbonyl (C=O) groups excluding carboxylic acids is 3. The molecule has 0 aromatic heterocycles. The maximum absolute atomic E-state index is 13.5. The summed E-state index contributed by atoms with van der Waals surface area (Å²) in [4.78, 5) is 38.8. The Hall–Kier alpha value is -1.94. The van der Waals surface area contributed by atoms with Gasteiger partial charge in [0, 0.05) is 39.3 Å². The van der Waals surface area contributed by atoms with Crippen LogP contribution in [0.4, 0.5) is 4.39 Å². The lowest BCUT2D eigenvalue weighted by Gasteiger charge is -2.34. The molecular weight excluding hydrogens is 412 g/mol. The van der Waals surface area contributed by atoms with Crippen LogP contribution in [0.3, 0.4) is 0 Å². The van der Waals surface area contributed by atoms with Crippen LogP contribution in [0.15, 0.2) is 24.3 Å². The number of amides is 3. The first-order valence-electron chi connectivity index (χ1n) is 8.51. The van der Waals surface area contributed by atoms with Crippen LogP contribution in [0.2, 0.25) is 0 Å². The van der Waals surface area contributed by atoms with Gasteiger partial charge in [0.1, 0.15) is 5.82 Å². The number of halogens is 3. The summed E-state index contributed by atoms with van der Waals surface area (Å²) in [5.41, 5.74) is 5.20. The average Bonchev–Trinajstić information content (AvgIpc) is 2.66. The highest BCUT2D eigenvalue weighted by molar-refractivity contribution is 5.94. The number of nitrogens with two attached hydrogens (primary N) is 1. The van der Waals surface area contributed by atoms with Crippen LogP contribution in [-0.4, -0.2) is 79.9 Å². The van der Waals surface area contributed by atoms with E-state index in [1.54, 1.807) is 11.0 Å². The molecule has 0 bridgehead atoms. The summed E-state index contributed by atoms with van der Waals surface area (Å²) >= 11 is 0. The number of hydrogen-bond acceptors (Lipinski definition) is 5. The van der Waals surface area contributed by atoms with E-state index in [1.165, 1.54) is 18.2 Å². The van der Waals surface area contributed by atoms with E-state index in [9.17, 15) is 18.8 Å². The Morgan fingerprint density at radius 2 is 1.68 bits per heavy atom. The Morgan fingerprint density at radius 1 is 1.04 bits per heavy atom. The van der Waals surface area contributed by atoms with Crippen LogP contribution in [0, 0.1) is 5.82 Å². The van der Waals surface area contributed by atoms with Gasteiger partial charge in [-0.05, 0) is 12.1 Å². The molecule has 1 aliphatic heterocycles. The van der Waals surface area contributed by atoms with E-state index < -0.39 is 11.7 Å². The van der Waals surface area contributed by atoms with E-state index in [-0.39, 0.29) is 55.3 Å². The molecule has 0 radical (unpaired) electrons. The fourth-order valence-electron chi connectivity index (χ4n) is 2.65. The van der Waals surface area contributed by atoms with Crippen molar-refractivity contribution >= 4 is 42.5 Å². The van der Waals surface area contributed by atoms with Crippen LogP contribution in [0.25, 0.3) is 0 Å². The minimum Gasteiger partial charge on any atom is -0.351 e. The van der Waals surface area contributed by atoms with Crippen molar-refractivity contribution in [3.63, 3.8) is 0 Å². The van der Waals surface area contributed by atoms with Crippen molar-refractivity contribution in [3.8, 4) is 0 Å². The summed E-state index contributed by atoms with van der Waals surface area (Å²) in [5.74, 6) is -1.48. The highest BCUT2D eigenvalue weighted by Crippen LogP contribution is 2.06. The largest absolute Gasteiger partial charge is 0.351 e. The lowest BCUT2D eigenvalue weighted by Crippen LogP contribution is -2.52. The van der Waals surface area contributed by atoms with E-state index in [0.29, 0.717) is 39.3 Å². The minimum absolute atomic E-state index is 0. The van der Waals surface area contributed by atoms with Crippen molar-refractivity contribution in [1.29, 1.82) is 0 Å². The standard InChI is InChI=1S/C17H24FN5O3.2ClH/c18-14-4-2-1-3-13(14)17(26)20-5-6-22-7-9-23(10-8-22)16(25)12-21-15(24)11-19;;/h1-4H,5-12,19H2,(H,20,26)(H,21,24);2*1H. The summed E-state index contributed by atoms with van der Waals surface area (Å²) in [6, 6.07) is 5.85. The summed E-state index contributed by atoms with van der Waals surface area (Å²) in [5, 5.41) is 5.16. The predicted octanol–water partition coefficient (Wildman–Crippen LogP) is -0.382. The van der Waals surface area contributed by atoms with Gasteiger partial charge in [-0.25, -0.2) is 4.39 Å². The van der Waals surface area contributed by atoms with Crippen molar-refractivity contribution in [2.75, 3.05) is 52.4 Å². The van der Waals surface area contributed by atoms with E-state index in [2.05, 4.69) is 15.5 Å². The first kappa shape index (κ1) is 26.1. The molecule has 4 N–H and O–H groups in total. The zero-order valence-electron chi connectivity index (χ0n) is 15.4. The Morgan fingerprint density at radius 3 is 2.29 bits per heavy atom. The number of nitrogens with zero attached hydrogens (tertiary/aromatic N) is 2. The van der Waals surface area contributed by atoms with Gasteiger partial charge >= 0.3 is 0 Å². The Kier molecular flexibility index (Phi) is 12.4. The molecule has 0 unspecified atom stereocenters. The normalized spacial score (nSPS) is 13.7. The third-order valence-electron chi connectivity index (χ3n) is 4.18. The summed E-state index contributed by atoms with van der Waals surface area (Å²) in [6.07, 6.45) is 0. The molecule has 0 aliphatic carbocycles. The number of carbonyl (C=O) groups is 3. The Balaban J connectivity index is 0.00000364. The molecular formula is C17H26Cl2FN5O3. The van der Waals surface area contributed by atoms with Crippen LogP contribution >= 0.6 is 24.8 Å². The number of hydrogen-bond donors (Lipinski definition) is 3. The first-order valence-corrected chi connectivity index (χ1v) is 8.51. The highest BCUT2D eigenvalue weighted by atomic mass is 35.5. The van der Waals surface area contributed by atoms with Gasteiger partial charge in [0.05, 0.1) is 18.7 Å². The van der Waals surface area contributed by atoms with E-state index in [1.807, 2.05) is 0 Å².